The number of pyridine rings is 1. The molecule has 4 rings (SSSR count). The normalized spacial score (nSPS) is 13.8. The van der Waals surface area contributed by atoms with E-state index in [1.54, 1.807) is 24.3 Å². The Morgan fingerprint density at radius 3 is 2.70 bits per heavy atom. The first kappa shape index (κ1) is 27.5. The Labute approximate surface area is 221 Å². The molecule has 0 spiro atoms. The van der Waals surface area contributed by atoms with Gasteiger partial charge in [0, 0.05) is 24.3 Å². The van der Waals surface area contributed by atoms with Crippen LogP contribution in [0.4, 0.5) is 22.0 Å². The van der Waals surface area contributed by atoms with E-state index >= 15 is 0 Å². The molecule has 0 fully saturated rings. The predicted octanol–water partition coefficient (Wildman–Crippen LogP) is 5.17. The summed E-state index contributed by atoms with van der Waals surface area (Å²) in [7, 11) is 0. The minimum Gasteiger partial charge on any atom is -0.491 e. The third kappa shape index (κ3) is 7.67. The van der Waals surface area contributed by atoms with Crippen LogP contribution >= 0.6 is 11.6 Å². The molecule has 3 aromatic rings. The molecule has 192 valence electrons. The molecule has 1 aromatic heterocycles. The van der Waals surface area contributed by atoms with Crippen molar-refractivity contribution in [3.05, 3.63) is 88.4 Å². The van der Waals surface area contributed by atoms with E-state index in [2.05, 4.69) is 43.2 Å². The summed E-state index contributed by atoms with van der Waals surface area (Å²) in [5, 5.41) is 12.0. The number of nitrogens with zero attached hydrogens (tertiary/aromatic N) is 2. The fourth-order valence-corrected chi connectivity index (χ4v) is 3.92. The molecule has 0 aliphatic carbocycles. The van der Waals surface area contributed by atoms with Crippen LogP contribution in [-0.4, -0.2) is 36.1 Å². The molecule has 9 nitrogen and oxygen atoms in total. The van der Waals surface area contributed by atoms with E-state index in [-0.39, 0.29) is 19.4 Å². The van der Waals surface area contributed by atoms with E-state index in [0.717, 1.165) is 0 Å². The summed E-state index contributed by atoms with van der Waals surface area (Å²) in [5.74, 6) is 0.715. The van der Waals surface area contributed by atoms with Crippen LogP contribution in [0.15, 0.2) is 60.8 Å². The Kier molecular flexibility index (Phi) is 9.84. The first-order chi connectivity index (χ1) is 17.5. The molecule has 1 aliphatic heterocycles. The Bertz CT molecular complexity index is 1280. The fourth-order valence-electron chi connectivity index (χ4n) is 3.75. The van der Waals surface area contributed by atoms with Gasteiger partial charge in [0.15, 0.2) is 0 Å². The van der Waals surface area contributed by atoms with E-state index < -0.39 is 6.03 Å². The molecular formula is C27H29ClN6O3. The van der Waals surface area contributed by atoms with Gasteiger partial charge in [-0.3, -0.25) is 15.1 Å². The lowest BCUT2D eigenvalue weighted by Gasteiger charge is -2.25. The van der Waals surface area contributed by atoms with Crippen molar-refractivity contribution in [3.63, 3.8) is 0 Å². The molecule has 0 unspecified atom stereocenters. The van der Waals surface area contributed by atoms with Crippen LogP contribution in [-0.2, 0) is 17.8 Å². The number of anilines is 2. The standard InChI is InChI=1S/C26H25ClN6O3.CH4/c1-28-20-8-10-24(31-16-20)33-26(35)32-21-14-19(27)7-9-23(21)36-12-4-11-29-25(34)22-13-17-5-2-3-6-18(17)15-30-22;/h2-3,5-10,14,16,22,30H,4,11-13,15H2,(H,29,34)(H2,31,32,33,35);1H4/t22-;/m0./s1. The molecule has 0 radical (unpaired) electrons. The maximum Gasteiger partial charge on any atom is 0.324 e. The maximum atomic E-state index is 12.5. The summed E-state index contributed by atoms with van der Waals surface area (Å²) >= 11 is 6.10. The highest BCUT2D eigenvalue weighted by Gasteiger charge is 2.23. The van der Waals surface area contributed by atoms with E-state index in [0.29, 0.717) is 60.5 Å². The van der Waals surface area contributed by atoms with Crippen LogP contribution in [0.2, 0.25) is 5.02 Å². The fraction of sp³-hybridized carbons (Fsp3) is 0.259. The lowest BCUT2D eigenvalue weighted by atomic mass is 9.95. The summed E-state index contributed by atoms with van der Waals surface area (Å²) in [6, 6.07) is 15.4. The molecule has 2 heterocycles. The van der Waals surface area contributed by atoms with Gasteiger partial charge in [0.2, 0.25) is 11.6 Å². The predicted molar refractivity (Wildman–Crippen MR) is 145 cm³/mol. The SMILES string of the molecule is C.[C-]#[N+]c1ccc(NC(=O)Nc2cc(Cl)ccc2OCCCNC(=O)[C@@H]2Cc3ccccc3CN2)nc1. The van der Waals surface area contributed by atoms with Crippen LogP contribution in [0.1, 0.15) is 25.0 Å². The van der Waals surface area contributed by atoms with Crippen LogP contribution < -0.4 is 26.0 Å². The number of halogens is 1. The minimum absolute atomic E-state index is 0. The van der Waals surface area contributed by atoms with Crippen LogP contribution in [0.3, 0.4) is 0 Å². The third-order valence-electron chi connectivity index (χ3n) is 5.58. The van der Waals surface area contributed by atoms with Crippen LogP contribution in [0.5, 0.6) is 5.75 Å². The van der Waals surface area contributed by atoms with E-state index in [1.807, 2.05) is 12.1 Å². The van der Waals surface area contributed by atoms with Crippen molar-refractivity contribution in [2.45, 2.75) is 32.9 Å². The average molecular weight is 521 g/mol. The summed E-state index contributed by atoms with van der Waals surface area (Å²) in [5.41, 5.74) is 3.20. The zero-order valence-corrected chi connectivity index (χ0v) is 20.1. The molecule has 1 aliphatic rings. The number of benzene rings is 2. The number of hydrogen-bond donors (Lipinski definition) is 4. The maximum absolute atomic E-state index is 12.5. The van der Waals surface area contributed by atoms with Gasteiger partial charge in [-0.1, -0.05) is 49.4 Å². The number of ether oxygens (including phenoxy) is 1. The summed E-state index contributed by atoms with van der Waals surface area (Å²) in [6.07, 6.45) is 2.62. The van der Waals surface area contributed by atoms with Crippen molar-refractivity contribution in [1.29, 1.82) is 0 Å². The van der Waals surface area contributed by atoms with Gasteiger partial charge in [-0.2, -0.15) is 0 Å². The summed E-state index contributed by atoms with van der Waals surface area (Å²) in [6.45, 7) is 8.43. The quantitative estimate of drug-likeness (QED) is 0.242. The lowest BCUT2D eigenvalue weighted by molar-refractivity contribution is -0.123. The first-order valence-electron chi connectivity index (χ1n) is 11.4. The second-order valence-electron chi connectivity index (χ2n) is 8.13. The molecular weight excluding hydrogens is 492 g/mol. The molecule has 0 saturated carbocycles. The highest BCUT2D eigenvalue weighted by Crippen LogP contribution is 2.28. The van der Waals surface area contributed by atoms with Gasteiger partial charge in [-0.15, -0.1) is 0 Å². The van der Waals surface area contributed by atoms with Gasteiger partial charge in [0.1, 0.15) is 11.6 Å². The highest BCUT2D eigenvalue weighted by molar-refractivity contribution is 6.31. The molecule has 3 amide bonds. The Morgan fingerprint density at radius 1 is 1.14 bits per heavy atom. The van der Waals surface area contributed by atoms with Crippen LogP contribution in [0.25, 0.3) is 4.85 Å². The Hall–Kier alpha value is -4.13. The molecule has 4 N–H and O–H groups in total. The molecule has 37 heavy (non-hydrogen) atoms. The second kappa shape index (κ2) is 13.3. The Balaban J connectivity index is 0.00000380. The van der Waals surface area contributed by atoms with E-state index in [1.165, 1.54) is 23.4 Å². The largest absolute Gasteiger partial charge is 0.491 e. The van der Waals surface area contributed by atoms with Gasteiger partial charge in [0.25, 0.3) is 0 Å². The van der Waals surface area contributed by atoms with Gasteiger partial charge < -0.3 is 20.7 Å². The summed E-state index contributed by atoms with van der Waals surface area (Å²) < 4.78 is 5.83. The number of carbonyl (C=O) groups excluding carboxylic acids is 2. The number of hydrogen-bond acceptors (Lipinski definition) is 5. The van der Waals surface area contributed by atoms with Gasteiger partial charge in [-0.25, -0.2) is 9.64 Å². The van der Waals surface area contributed by atoms with Gasteiger partial charge in [-0.05, 0) is 48.2 Å². The summed E-state index contributed by atoms with van der Waals surface area (Å²) in [4.78, 5) is 32.2. The number of carbonyl (C=O) groups is 2. The topological polar surface area (TPSA) is 109 Å². The van der Waals surface area contributed by atoms with E-state index in [4.69, 9.17) is 22.9 Å². The average Bonchev–Trinajstić information content (AvgIpc) is 2.89. The number of rotatable bonds is 8. The Morgan fingerprint density at radius 2 is 1.95 bits per heavy atom. The lowest BCUT2D eigenvalue weighted by Crippen LogP contribution is -2.47. The number of nitrogens with one attached hydrogen (secondary N) is 4. The second-order valence-corrected chi connectivity index (χ2v) is 8.57. The minimum atomic E-state index is -0.529. The number of amides is 3. The number of aromatic nitrogens is 1. The highest BCUT2D eigenvalue weighted by atomic mass is 35.5. The van der Waals surface area contributed by atoms with Gasteiger partial charge >= 0.3 is 6.03 Å². The monoisotopic (exact) mass is 520 g/mol. The van der Waals surface area contributed by atoms with Crippen molar-refractivity contribution in [2.24, 2.45) is 0 Å². The van der Waals surface area contributed by atoms with Crippen molar-refractivity contribution >= 4 is 40.7 Å². The van der Waals surface area contributed by atoms with Crippen molar-refractivity contribution < 1.29 is 14.3 Å². The van der Waals surface area contributed by atoms with Gasteiger partial charge in [0.05, 0.1) is 24.9 Å². The number of urea groups is 1. The number of fused-ring (bicyclic) bond motifs is 1. The first-order valence-corrected chi connectivity index (χ1v) is 11.8. The zero-order chi connectivity index (χ0) is 25.3. The van der Waals surface area contributed by atoms with E-state index in [9.17, 15) is 9.59 Å². The molecule has 1 atom stereocenters. The molecule has 2 aromatic carbocycles. The van der Waals surface area contributed by atoms with Crippen molar-refractivity contribution in [1.82, 2.24) is 15.6 Å². The van der Waals surface area contributed by atoms with Crippen LogP contribution in [0, 0.1) is 6.57 Å². The smallest absolute Gasteiger partial charge is 0.324 e. The molecule has 10 heteroatoms. The van der Waals surface area contributed by atoms with Crippen molar-refractivity contribution in [3.8, 4) is 5.75 Å². The molecule has 0 saturated heterocycles. The van der Waals surface area contributed by atoms with Crippen molar-refractivity contribution in [2.75, 3.05) is 23.8 Å². The third-order valence-corrected chi connectivity index (χ3v) is 5.82. The molecule has 0 bridgehead atoms. The zero-order valence-electron chi connectivity index (χ0n) is 19.4.